The zero-order chi connectivity index (χ0) is 21.9. The van der Waals surface area contributed by atoms with Crippen molar-refractivity contribution < 1.29 is 23.4 Å². The Morgan fingerprint density at radius 2 is 1.94 bits per heavy atom. The maximum atomic E-state index is 12.2. The van der Waals surface area contributed by atoms with Gasteiger partial charge in [-0.05, 0) is 42.0 Å². The molecule has 0 saturated heterocycles. The fraction of sp³-hybridized carbons (Fsp3) is 0.304. The van der Waals surface area contributed by atoms with E-state index in [0.29, 0.717) is 44.4 Å². The normalized spacial score (nSPS) is 10.6. The van der Waals surface area contributed by atoms with E-state index in [0.717, 1.165) is 22.6 Å². The van der Waals surface area contributed by atoms with E-state index in [-0.39, 0.29) is 6.03 Å². The van der Waals surface area contributed by atoms with Gasteiger partial charge in [-0.1, -0.05) is 12.1 Å². The molecular weight excluding hydrogens is 398 g/mol. The first-order chi connectivity index (χ1) is 15.2. The van der Waals surface area contributed by atoms with Crippen molar-refractivity contribution in [3.63, 3.8) is 0 Å². The second kappa shape index (κ2) is 11.7. The molecule has 3 rings (SSSR count). The lowest BCUT2D eigenvalue weighted by atomic mass is 10.2. The number of hydrogen-bond donors (Lipinski definition) is 2. The smallest absolute Gasteiger partial charge is 0.319 e. The minimum atomic E-state index is -0.281. The Kier molecular flexibility index (Phi) is 8.45. The third-order valence-corrected chi connectivity index (χ3v) is 4.44. The van der Waals surface area contributed by atoms with Crippen molar-refractivity contribution in [2.75, 3.05) is 39.3 Å². The van der Waals surface area contributed by atoms with E-state index in [1.165, 1.54) is 0 Å². The predicted octanol–water partition coefficient (Wildman–Crippen LogP) is 3.88. The molecule has 0 bridgehead atoms. The van der Waals surface area contributed by atoms with E-state index in [9.17, 15) is 4.79 Å². The van der Waals surface area contributed by atoms with Gasteiger partial charge in [0, 0.05) is 31.3 Å². The highest BCUT2D eigenvalue weighted by Gasteiger charge is 2.08. The fourth-order valence-electron chi connectivity index (χ4n) is 2.84. The number of hydrogen-bond acceptors (Lipinski definition) is 6. The number of carbonyl (C=O) groups is 1. The Morgan fingerprint density at radius 1 is 1.10 bits per heavy atom. The first-order valence-corrected chi connectivity index (χ1v) is 9.97. The minimum Gasteiger partial charge on any atom is -0.497 e. The molecule has 0 radical (unpaired) electrons. The van der Waals surface area contributed by atoms with Crippen molar-refractivity contribution in [1.29, 1.82) is 0 Å². The summed E-state index contributed by atoms with van der Waals surface area (Å²) in [5, 5.41) is 5.65. The topological polar surface area (TPSA) is 94.9 Å². The van der Waals surface area contributed by atoms with Gasteiger partial charge in [-0.3, -0.25) is 0 Å². The maximum Gasteiger partial charge on any atom is 0.319 e. The fourth-order valence-corrected chi connectivity index (χ4v) is 2.84. The van der Waals surface area contributed by atoms with Crippen LogP contribution < -0.4 is 15.4 Å². The van der Waals surface area contributed by atoms with Crippen LogP contribution >= 0.6 is 0 Å². The third-order valence-electron chi connectivity index (χ3n) is 4.44. The molecule has 1 aromatic heterocycles. The van der Waals surface area contributed by atoms with Gasteiger partial charge in [0.25, 0.3) is 0 Å². The Morgan fingerprint density at radius 3 is 2.71 bits per heavy atom. The first kappa shape index (κ1) is 22.3. The molecule has 164 valence electrons. The lowest BCUT2D eigenvalue weighted by molar-refractivity contribution is 0.0617. The average Bonchev–Trinajstić information content (AvgIpc) is 3.26. The number of benzene rings is 2. The predicted molar refractivity (Wildman–Crippen MR) is 117 cm³/mol. The van der Waals surface area contributed by atoms with Gasteiger partial charge in [-0.15, -0.1) is 0 Å². The molecule has 0 unspecified atom stereocenters. The molecule has 2 N–H and O–H groups in total. The highest BCUT2D eigenvalue weighted by atomic mass is 16.5. The number of rotatable bonds is 11. The van der Waals surface area contributed by atoms with Gasteiger partial charge in [0.15, 0.2) is 0 Å². The molecule has 0 aliphatic rings. The van der Waals surface area contributed by atoms with Crippen LogP contribution in [0.5, 0.6) is 5.75 Å². The summed E-state index contributed by atoms with van der Waals surface area (Å²) in [4.78, 5) is 16.6. The highest BCUT2D eigenvalue weighted by molar-refractivity contribution is 5.89. The molecule has 0 fully saturated rings. The van der Waals surface area contributed by atoms with Crippen LogP contribution in [-0.4, -0.2) is 45.0 Å². The van der Waals surface area contributed by atoms with Crippen molar-refractivity contribution in [3.8, 4) is 17.2 Å². The number of amides is 2. The van der Waals surface area contributed by atoms with Crippen LogP contribution in [0, 0.1) is 0 Å². The SMILES string of the molecule is COCCOCc1cccc(NC(=O)NCCc2coc(-c3ccc(OC)cc3)n2)c1. The molecule has 2 amide bonds. The van der Waals surface area contributed by atoms with E-state index >= 15 is 0 Å². The number of urea groups is 1. The van der Waals surface area contributed by atoms with Gasteiger partial charge in [-0.25, -0.2) is 9.78 Å². The number of ether oxygens (including phenoxy) is 3. The maximum absolute atomic E-state index is 12.2. The van der Waals surface area contributed by atoms with Crippen LogP contribution in [0.2, 0.25) is 0 Å². The molecule has 31 heavy (non-hydrogen) atoms. The highest BCUT2D eigenvalue weighted by Crippen LogP contribution is 2.21. The molecule has 0 saturated carbocycles. The number of anilines is 1. The number of nitrogens with zero attached hydrogens (tertiary/aromatic N) is 1. The van der Waals surface area contributed by atoms with Crippen molar-refractivity contribution >= 4 is 11.7 Å². The van der Waals surface area contributed by atoms with Crippen LogP contribution in [0.15, 0.2) is 59.2 Å². The monoisotopic (exact) mass is 425 g/mol. The minimum absolute atomic E-state index is 0.281. The number of methoxy groups -OCH3 is 2. The molecule has 8 heteroatoms. The van der Waals surface area contributed by atoms with Crippen molar-refractivity contribution in [3.05, 3.63) is 66.1 Å². The van der Waals surface area contributed by atoms with Gasteiger partial charge < -0.3 is 29.3 Å². The summed E-state index contributed by atoms with van der Waals surface area (Å²) in [6.07, 6.45) is 2.16. The average molecular weight is 425 g/mol. The summed E-state index contributed by atoms with van der Waals surface area (Å²) in [5.74, 6) is 1.31. The number of oxazole rings is 1. The summed E-state index contributed by atoms with van der Waals surface area (Å²) in [6.45, 7) is 1.97. The van der Waals surface area contributed by atoms with Gasteiger partial charge >= 0.3 is 6.03 Å². The number of aromatic nitrogens is 1. The molecule has 3 aromatic rings. The van der Waals surface area contributed by atoms with Gasteiger partial charge in [-0.2, -0.15) is 0 Å². The second-order valence-electron chi connectivity index (χ2n) is 6.75. The van der Waals surface area contributed by atoms with Crippen LogP contribution in [0.25, 0.3) is 11.5 Å². The third kappa shape index (κ3) is 7.13. The van der Waals surface area contributed by atoms with Gasteiger partial charge in [0.05, 0.1) is 32.6 Å². The number of carbonyl (C=O) groups excluding carboxylic acids is 1. The lowest BCUT2D eigenvalue weighted by Crippen LogP contribution is -2.30. The van der Waals surface area contributed by atoms with Gasteiger partial charge in [0.2, 0.25) is 5.89 Å². The molecule has 0 atom stereocenters. The summed E-state index contributed by atoms with van der Waals surface area (Å²) in [5.41, 5.74) is 3.31. The zero-order valence-corrected chi connectivity index (χ0v) is 17.7. The van der Waals surface area contributed by atoms with Crippen LogP contribution in [0.4, 0.5) is 10.5 Å². The molecule has 0 aliphatic carbocycles. The van der Waals surface area contributed by atoms with E-state index in [4.69, 9.17) is 18.6 Å². The van der Waals surface area contributed by atoms with E-state index in [1.54, 1.807) is 20.5 Å². The van der Waals surface area contributed by atoms with E-state index in [2.05, 4.69) is 15.6 Å². The largest absolute Gasteiger partial charge is 0.497 e. The Balaban J connectivity index is 1.43. The van der Waals surface area contributed by atoms with Crippen molar-refractivity contribution in [2.45, 2.75) is 13.0 Å². The quantitative estimate of drug-likeness (QED) is 0.453. The van der Waals surface area contributed by atoms with Gasteiger partial charge in [0.1, 0.15) is 12.0 Å². The summed E-state index contributed by atoms with van der Waals surface area (Å²) < 4.78 is 21.1. The van der Waals surface area contributed by atoms with Crippen LogP contribution in [-0.2, 0) is 22.5 Å². The molecule has 2 aromatic carbocycles. The Labute approximate surface area is 181 Å². The van der Waals surface area contributed by atoms with Crippen molar-refractivity contribution in [1.82, 2.24) is 10.3 Å². The van der Waals surface area contributed by atoms with E-state index in [1.807, 2.05) is 48.5 Å². The zero-order valence-electron chi connectivity index (χ0n) is 17.7. The molecule has 0 spiro atoms. The lowest BCUT2D eigenvalue weighted by Gasteiger charge is -2.09. The Bertz CT molecular complexity index is 956. The standard InChI is InChI=1S/C23H27N3O5/c1-28-12-13-30-15-17-4-3-5-19(14-17)26-23(27)24-11-10-20-16-31-22(25-20)18-6-8-21(29-2)9-7-18/h3-9,14,16H,10-13,15H2,1-2H3,(H2,24,26,27). The molecular formula is C23H27N3O5. The summed E-state index contributed by atoms with van der Waals surface area (Å²) in [6, 6.07) is 14.7. The first-order valence-electron chi connectivity index (χ1n) is 9.97. The number of nitrogens with one attached hydrogen (secondary N) is 2. The second-order valence-corrected chi connectivity index (χ2v) is 6.75. The molecule has 0 aliphatic heterocycles. The van der Waals surface area contributed by atoms with E-state index < -0.39 is 0 Å². The summed E-state index contributed by atoms with van der Waals surface area (Å²) in [7, 11) is 3.26. The Hall–Kier alpha value is -3.36. The van der Waals surface area contributed by atoms with Crippen molar-refractivity contribution in [2.24, 2.45) is 0 Å². The molecule has 8 nitrogen and oxygen atoms in total. The van der Waals surface area contributed by atoms with Crippen LogP contribution in [0.3, 0.4) is 0 Å². The summed E-state index contributed by atoms with van der Waals surface area (Å²) >= 11 is 0. The molecule has 1 heterocycles. The van der Waals surface area contributed by atoms with Crippen LogP contribution in [0.1, 0.15) is 11.3 Å².